The van der Waals surface area contributed by atoms with Gasteiger partial charge in [0.1, 0.15) is 0 Å². The molecule has 0 atom stereocenters. The number of halogens is 2. The third-order valence-electron chi connectivity index (χ3n) is 5.64. The highest BCUT2D eigenvalue weighted by Gasteiger charge is 2.24. The minimum atomic E-state index is -0.553. The van der Waals surface area contributed by atoms with Gasteiger partial charge < -0.3 is 19.9 Å². The zero-order valence-electron chi connectivity index (χ0n) is 18.2. The number of amides is 1. The number of nitro groups is 1. The molecule has 0 unspecified atom stereocenters. The van der Waals surface area contributed by atoms with Gasteiger partial charge in [-0.15, -0.1) is 0 Å². The van der Waals surface area contributed by atoms with Crippen molar-refractivity contribution in [1.82, 2.24) is 14.5 Å². The van der Waals surface area contributed by atoms with E-state index in [2.05, 4.69) is 4.98 Å². The molecule has 3 aromatic rings. The molecule has 2 aromatic heterocycles. The van der Waals surface area contributed by atoms with Crippen molar-refractivity contribution in [3.8, 4) is 11.1 Å². The highest BCUT2D eigenvalue weighted by molar-refractivity contribution is 6.36. The Labute approximate surface area is 206 Å². The first kappa shape index (κ1) is 24.0. The SMILES string of the molecule is Nc1nc(CCCn2cc(C(=O)N3CCOCC3)c(-c3ccc(Cl)cc3Cl)c2)ccc1[N+](=O)[O-]. The molecule has 0 aliphatic carbocycles. The lowest BCUT2D eigenvalue weighted by atomic mass is 10.0. The van der Waals surface area contributed by atoms with Gasteiger partial charge in [-0.2, -0.15) is 0 Å². The summed E-state index contributed by atoms with van der Waals surface area (Å²) in [5.41, 5.74) is 8.17. The Morgan fingerprint density at radius 1 is 1.15 bits per heavy atom. The number of ether oxygens (including phenoxy) is 1. The van der Waals surface area contributed by atoms with Crippen molar-refractivity contribution in [2.24, 2.45) is 0 Å². The maximum atomic E-state index is 13.3. The molecule has 0 radical (unpaired) electrons. The standard InChI is InChI=1S/C23H23Cl2N5O4/c24-15-3-5-17(20(25)12-15)18-13-28(14-19(18)23(31)29-8-10-34-11-9-29)7-1-2-16-4-6-21(30(32)33)22(26)27-16/h3-6,12-14H,1-2,7-11H2,(H2,26,27). The molecule has 34 heavy (non-hydrogen) atoms. The number of anilines is 1. The van der Waals surface area contributed by atoms with E-state index in [-0.39, 0.29) is 17.4 Å². The number of rotatable bonds is 7. The maximum absolute atomic E-state index is 13.3. The van der Waals surface area contributed by atoms with Crippen molar-refractivity contribution < 1.29 is 14.5 Å². The van der Waals surface area contributed by atoms with E-state index in [0.29, 0.717) is 67.0 Å². The summed E-state index contributed by atoms with van der Waals surface area (Å²) in [4.78, 5) is 29.6. The summed E-state index contributed by atoms with van der Waals surface area (Å²) in [5.74, 6) is -0.172. The van der Waals surface area contributed by atoms with E-state index >= 15 is 0 Å². The number of aromatic nitrogens is 2. The molecule has 0 saturated carbocycles. The van der Waals surface area contributed by atoms with E-state index in [0.717, 1.165) is 11.1 Å². The molecule has 178 valence electrons. The average Bonchev–Trinajstić information content (AvgIpc) is 3.22. The van der Waals surface area contributed by atoms with Gasteiger partial charge in [-0.3, -0.25) is 14.9 Å². The summed E-state index contributed by atoms with van der Waals surface area (Å²) in [6.07, 6.45) is 5.00. The molecule has 0 bridgehead atoms. The van der Waals surface area contributed by atoms with Gasteiger partial charge in [0.05, 0.1) is 23.7 Å². The third kappa shape index (κ3) is 5.32. The first-order chi connectivity index (χ1) is 16.3. The number of morpholine rings is 1. The van der Waals surface area contributed by atoms with Gasteiger partial charge >= 0.3 is 5.69 Å². The number of nitrogen functional groups attached to an aromatic ring is 1. The lowest BCUT2D eigenvalue weighted by molar-refractivity contribution is -0.384. The van der Waals surface area contributed by atoms with Crippen molar-refractivity contribution in [1.29, 1.82) is 0 Å². The van der Waals surface area contributed by atoms with Crippen molar-refractivity contribution in [3.05, 3.63) is 74.1 Å². The topological polar surface area (TPSA) is 117 Å². The lowest BCUT2D eigenvalue weighted by Gasteiger charge is -2.27. The highest BCUT2D eigenvalue weighted by atomic mass is 35.5. The van der Waals surface area contributed by atoms with Gasteiger partial charge in [-0.25, -0.2) is 4.98 Å². The summed E-state index contributed by atoms with van der Waals surface area (Å²) in [6.45, 7) is 2.69. The van der Waals surface area contributed by atoms with E-state index in [1.807, 2.05) is 23.0 Å². The summed E-state index contributed by atoms with van der Waals surface area (Å²) in [5, 5.41) is 11.9. The Morgan fingerprint density at radius 3 is 2.59 bits per heavy atom. The first-order valence-corrected chi connectivity index (χ1v) is 11.5. The van der Waals surface area contributed by atoms with Crippen LogP contribution in [-0.2, 0) is 17.7 Å². The monoisotopic (exact) mass is 503 g/mol. The number of hydrogen-bond donors (Lipinski definition) is 1. The Kier molecular flexibility index (Phi) is 7.35. The fourth-order valence-electron chi connectivity index (χ4n) is 3.91. The zero-order chi connectivity index (χ0) is 24.2. The van der Waals surface area contributed by atoms with Crippen LogP contribution < -0.4 is 5.73 Å². The molecule has 0 spiro atoms. The molecule has 1 amide bonds. The number of benzene rings is 1. The predicted octanol–water partition coefficient (Wildman–Crippen LogP) is 4.45. The highest BCUT2D eigenvalue weighted by Crippen LogP contribution is 2.34. The molecule has 1 aromatic carbocycles. The number of nitrogens with zero attached hydrogens (tertiary/aromatic N) is 4. The van der Waals surface area contributed by atoms with Crippen LogP contribution in [0.2, 0.25) is 10.0 Å². The van der Waals surface area contributed by atoms with Crippen molar-refractivity contribution in [3.63, 3.8) is 0 Å². The van der Waals surface area contributed by atoms with Crippen LogP contribution in [0.1, 0.15) is 22.5 Å². The van der Waals surface area contributed by atoms with E-state index in [1.54, 1.807) is 23.1 Å². The Bertz CT molecular complexity index is 1220. The van der Waals surface area contributed by atoms with Crippen molar-refractivity contribution in [2.75, 3.05) is 32.0 Å². The number of aryl methyl sites for hydroxylation is 2. The molecule has 4 rings (SSSR count). The van der Waals surface area contributed by atoms with Gasteiger partial charge in [0.15, 0.2) is 0 Å². The Morgan fingerprint density at radius 2 is 1.91 bits per heavy atom. The lowest BCUT2D eigenvalue weighted by Crippen LogP contribution is -2.40. The van der Waals surface area contributed by atoms with E-state index in [4.69, 9.17) is 33.7 Å². The fourth-order valence-corrected chi connectivity index (χ4v) is 4.42. The third-order valence-corrected chi connectivity index (χ3v) is 6.18. The quantitative estimate of drug-likeness (QED) is 0.375. The predicted molar refractivity (Wildman–Crippen MR) is 130 cm³/mol. The summed E-state index contributed by atoms with van der Waals surface area (Å²) < 4.78 is 7.32. The van der Waals surface area contributed by atoms with E-state index in [9.17, 15) is 14.9 Å². The molecule has 1 saturated heterocycles. The second-order valence-corrected chi connectivity index (χ2v) is 8.76. The molecule has 11 heteroatoms. The van der Waals surface area contributed by atoms with Gasteiger partial charge in [-0.05, 0) is 31.0 Å². The molecule has 3 heterocycles. The molecular weight excluding hydrogens is 481 g/mol. The van der Waals surface area contributed by atoms with Crippen LogP contribution in [0.15, 0.2) is 42.7 Å². The molecule has 2 N–H and O–H groups in total. The van der Waals surface area contributed by atoms with Gasteiger partial charge in [0, 0.05) is 65.0 Å². The largest absolute Gasteiger partial charge is 0.378 e. The molecular formula is C23H23Cl2N5O4. The van der Waals surface area contributed by atoms with Crippen LogP contribution in [0.3, 0.4) is 0 Å². The second kappa shape index (κ2) is 10.4. The minimum absolute atomic E-state index is 0.0760. The van der Waals surface area contributed by atoms with Crippen molar-refractivity contribution in [2.45, 2.75) is 19.4 Å². The van der Waals surface area contributed by atoms with Gasteiger partial charge in [-0.1, -0.05) is 29.3 Å². The molecule has 1 fully saturated rings. The number of hydrogen-bond acceptors (Lipinski definition) is 6. The van der Waals surface area contributed by atoms with Crippen LogP contribution in [0.25, 0.3) is 11.1 Å². The summed E-state index contributed by atoms with van der Waals surface area (Å²) in [7, 11) is 0. The fraction of sp³-hybridized carbons (Fsp3) is 0.304. The Balaban J connectivity index is 1.55. The molecule has 9 nitrogen and oxygen atoms in total. The number of nitrogens with two attached hydrogens (primary N) is 1. The van der Waals surface area contributed by atoms with Gasteiger partial charge in [0.2, 0.25) is 5.82 Å². The van der Waals surface area contributed by atoms with Crippen LogP contribution in [0.4, 0.5) is 11.5 Å². The van der Waals surface area contributed by atoms with Crippen molar-refractivity contribution >= 4 is 40.6 Å². The summed E-state index contributed by atoms with van der Waals surface area (Å²) >= 11 is 12.5. The Hall–Kier alpha value is -3.14. The smallest absolute Gasteiger partial charge is 0.311 e. The normalized spacial score (nSPS) is 13.8. The second-order valence-electron chi connectivity index (χ2n) is 7.92. The van der Waals surface area contributed by atoms with E-state index < -0.39 is 4.92 Å². The number of carbonyl (C=O) groups is 1. The zero-order valence-corrected chi connectivity index (χ0v) is 19.8. The van der Waals surface area contributed by atoms with Crippen LogP contribution in [-0.4, -0.2) is 51.6 Å². The average molecular weight is 504 g/mol. The molecule has 1 aliphatic heterocycles. The number of pyridine rings is 1. The maximum Gasteiger partial charge on any atom is 0.311 e. The minimum Gasteiger partial charge on any atom is -0.378 e. The van der Waals surface area contributed by atoms with Crippen LogP contribution in [0.5, 0.6) is 0 Å². The molecule has 1 aliphatic rings. The van der Waals surface area contributed by atoms with Crippen LogP contribution in [0, 0.1) is 10.1 Å². The first-order valence-electron chi connectivity index (χ1n) is 10.8. The van der Waals surface area contributed by atoms with E-state index in [1.165, 1.54) is 6.07 Å². The number of carbonyl (C=O) groups excluding carboxylic acids is 1. The van der Waals surface area contributed by atoms with Crippen LogP contribution >= 0.6 is 23.2 Å². The summed E-state index contributed by atoms with van der Waals surface area (Å²) in [6, 6.07) is 8.19. The van der Waals surface area contributed by atoms with Gasteiger partial charge in [0.25, 0.3) is 5.91 Å².